The highest BCUT2D eigenvalue weighted by molar-refractivity contribution is 7.88. The number of halogens is 3. The number of hydrogen-bond donors (Lipinski definition) is 1. The summed E-state index contributed by atoms with van der Waals surface area (Å²) in [6.45, 7) is -2.09. The van der Waals surface area contributed by atoms with Gasteiger partial charge in [-0.1, -0.05) is 18.2 Å². The Bertz CT molecular complexity index is 609. The van der Waals surface area contributed by atoms with Gasteiger partial charge in [0.15, 0.2) is 0 Å². The van der Waals surface area contributed by atoms with Crippen LogP contribution in [0.3, 0.4) is 0 Å². The third-order valence-electron chi connectivity index (χ3n) is 2.32. The molecule has 0 radical (unpaired) electrons. The van der Waals surface area contributed by atoms with E-state index in [-0.39, 0.29) is 12.1 Å². The number of nitrogens with zero attached hydrogens (tertiary/aromatic N) is 1. The van der Waals surface area contributed by atoms with Crippen LogP contribution >= 0.6 is 0 Å². The van der Waals surface area contributed by atoms with Gasteiger partial charge in [-0.3, -0.25) is 0 Å². The van der Waals surface area contributed by atoms with Gasteiger partial charge in [0.05, 0.1) is 24.0 Å². The van der Waals surface area contributed by atoms with Crippen LogP contribution in [-0.4, -0.2) is 34.4 Å². The zero-order chi connectivity index (χ0) is 15.9. The number of hydrogen-bond acceptors (Lipinski definition) is 4. The highest BCUT2D eigenvalue weighted by Crippen LogP contribution is 2.14. The van der Waals surface area contributed by atoms with E-state index in [0.29, 0.717) is 5.56 Å². The van der Waals surface area contributed by atoms with Crippen molar-refractivity contribution in [3.8, 4) is 6.07 Å². The summed E-state index contributed by atoms with van der Waals surface area (Å²) in [6.07, 6.45) is -4.44. The smallest absolute Gasteiger partial charge is 0.371 e. The van der Waals surface area contributed by atoms with Crippen molar-refractivity contribution >= 4 is 10.0 Å². The lowest BCUT2D eigenvalue weighted by Gasteiger charge is -2.09. The van der Waals surface area contributed by atoms with Gasteiger partial charge in [-0.15, -0.1) is 0 Å². The summed E-state index contributed by atoms with van der Waals surface area (Å²) in [6, 6.07) is 8.05. The van der Waals surface area contributed by atoms with E-state index in [1.165, 1.54) is 12.1 Å². The standard InChI is InChI=1S/C12H13F3N2O3S/c13-12(14,15)9-20-6-5-17-21(18,19)8-11-4-2-1-3-10(11)7-16/h1-4,17H,5-6,8-9H2. The van der Waals surface area contributed by atoms with Crippen molar-refractivity contribution in [2.24, 2.45) is 0 Å². The molecule has 0 saturated heterocycles. The summed E-state index contributed by atoms with van der Waals surface area (Å²) in [7, 11) is -3.75. The Kier molecular flexibility index (Phi) is 6.14. The lowest BCUT2D eigenvalue weighted by atomic mass is 10.1. The molecule has 5 nitrogen and oxygen atoms in total. The normalized spacial score (nSPS) is 12.1. The Labute approximate surface area is 120 Å². The van der Waals surface area contributed by atoms with E-state index in [0.717, 1.165) is 0 Å². The number of nitriles is 1. The summed E-state index contributed by atoms with van der Waals surface area (Å²) in [5.74, 6) is -0.421. The topological polar surface area (TPSA) is 79.2 Å². The van der Waals surface area contributed by atoms with Crippen LogP contribution in [-0.2, 0) is 20.5 Å². The Morgan fingerprint density at radius 1 is 1.29 bits per heavy atom. The molecule has 0 spiro atoms. The molecule has 1 rings (SSSR count). The van der Waals surface area contributed by atoms with Crippen LogP contribution in [0.5, 0.6) is 0 Å². The quantitative estimate of drug-likeness (QED) is 0.773. The second kappa shape index (κ2) is 7.40. The molecule has 0 unspecified atom stereocenters. The molecule has 0 bridgehead atoms. The van der Waals surface area contributed by atoms with Crippen molar-refractivity contribution in [1.82, 2.24) is 4.72 Å². The van der Waals surface area contributed by atoms with Crippen molar-refractivity contribution in [3.05, 3.63) is 35.4 Å². The summed E-state index contributed by atoms with van der Waals surface area (Å²) in [4.78, 5) is 0. The molecule has 0 fully saturated rings. The van der Waals surface area contributed by atoms with Crippen LogP contribution in [0.2, 0.25) is 0 Å². The van der Waals surface area contributed by atoms with Crippen molar-refractivity contribution in [1.29, 1.82) is 5.26 Å². The maximum absolute atomic E-state index is 11.8. The van der Waals surface area contributed by atoms with Crippen LogP contribution in [0.15, 0.2) is 24.3 Å². The molecule has 1 aromatic rings. The lowest BCUT2D eigenvalue weighted by Crippen LogP contribution is -2.30. The zero-order valence-corrected chi connectivity index (χ0v) is 11.7. The second-order valence-corrected chi connectivity index (χ2v) is 5.90. The van der Waals surface area contributed by atoms with Gasteiger partial charge in [-0.25, -0.2) is 13.1 Å². The molecule has 0 aromatic heterocycles. The molecule has 0 heterocycles. The average Bonchev–Trinajstić information content (AvgIpc) is 2.37. The third kappa shape index (κ3) is 7.08. The number of nitrogens with one attached hydrogen (secondary N) is 1. The van der Waals surface area contributed by atoms with Gasteiger partial charge in [0.1, 0.15) is 6.61 Å². The van der Waals surface area contributed by atoms with E-state index >= 15 is 0 Å². The Hall–Kier alpha value is -1.63. The van der Waals surface area contributed by atoms with Gasteiger partial charge in [-0.2, -0.15) is 18.4 Å². The van der Waals surface area contributed by atoms with Gasteiger partial charge in [0.2, 0.25) is 10.0 Å². The molecule has 21 heavy (non-hydrogen) atoms. The van der Waals surface area contributed by atoms with E-state index in [2.05, 4.69) is 9.46 Å². The molecule has 0 aliphatic carbocycles. The van der Waals surface area contributed by atoms with Crippen LogP contribution in [0.1, 0.15) is 11.1 Å². The maximum atomic E-state index is 11.8. The molecular formula is C12H13F3N2O3S. The fourth-order valence-corrected chi connectivity index (χ4v) is 2.63. The van der Waals surface area contributed by atoms with E-state index in [1.54, 1.807) is 12.1 Å². The molecule has 0 saturated carbocycles. The highest BCUT2D eigenvalue weighted by Gasteiger charge is 2.27. The van der Waals surface area contributed by atoms with E-state index in [1.807, 2.05) is 6.07 Å². The predicted octanol–water partition coefficient (Wildman–Crippen LogP) is 1.56. The minimum absolute atomic E-state index is 0.233. The largest absolute Gasteiger partial charge is 0.411 e. The first kappa shape index (κ1) is 17.4. The summed E-state index contributed by atoms with van der Waals surface area (Å²) < 4.78 is 65.2. The van der Waals surface area contributed by atoms with Gasteiger partial charge < -0.3 is 4.74 Å². The Balaban J connectivity index is 2.46. The fraction of sp³-hybridized carbons (Fsp3) is 0.417. The van der Waals surface area contributed by atoms with Crippen LogP contribution in [0, 0.1) is 11.3 Å². The van der Waals surface area contributed by atoms with E-state index in [9.17, 15) is 21.6 Å². The van der Waals surface area contributed by atoms with Gasteiger partial charge in [0, 0.05) is 6.54 Å². The summed E-state index contributed by atoms with van der Waals surface area (Å²) in [5, 5.41) is 8.85. The van der Waals surface area contributed by atoms with Gasteiger partial charge >= 0.3 is 6.18 Å². The van der Waals surface area contributed by atoms with Crippen LogP contribution in [0.25, 0.3) is 0 Å². The molecule has 116 valence electrons. The minimum atomic E-state index is -4.44. The molecule has 1 N–H and O–H groups in total. The van der Waals surface area contributed by atoms with Crippen LogP contribution < -0.4 is 4.72 Å². The maximum Gasteiger partial charge on any atom is 0.411 e. The molecule has 0 amide bonds. The van der Waals surface area contributed by atoms with Crippen molar-refractivity contribution in [3.63, 3.8) is 0 Å². The monoisotopic (exact) mass is 322 g/mol. The van der Waals surface area contributed by atoms with E-state index in [4.69, 9.17) is 5.26 Å². The molecule has 0 aliphatic rings. The number of benzene rings is 1. The number of sulfonamides is 1. The number of alkyl halides is 3. The second-order valence-electron chi connectivity index (χ2n) is 4.09. The number of rotatable bonds is 7. The first-order chi connectivity index (χ1) is 9.73. The lowest BCUT2D eigenvalue weighted by molar-refractivity contribution is -0.173. The van der Waals surface area contributed by atoms with Crippen molar-refractivity contribution in [2.45, 2.75) is 11.9 Å². The van der Waals surface area contributed by atoms with Crippen molar-refractivity contribution in [2.75, 3.05) is 19.8 Å². The Morgan fingerprint density at radius 3 is 2.57 bits per heavy atom. The average molecular weight is 322 g/mol. The summed E-state index contributed by atoms with van der Waals surface area (Å²) in [5.41, 5.74) is 0.555. The number of ether oxygens (including phenoxy) is 1. The first-order valence-electron chi connectivity index (χ1n) is 5.83. The summed E-state index contributed by atoms with van der Waals surface area (Å²) >= 11 is 0. The highest BCUT2D eigenvalue weighted by atomic mass is 32.2. The van der Waals surface area contributed by atoms with Gasteiger partial charge in [0.25, 0.3) is 0 Å². The van der Waals surface area contributed by atoms with E-state index < -0.39 is 35.2 Å². The molecule has 0 aliphatic heterocycles. The molecule has 9 heteroatoms. The molecule has 1 aromatic carbocycles. The van der Waals surface area contributed by atoms with Crippen LogP contribution in [0.4, 0.5) is 13.2 Å². The molecule has 0 atom stereocenters. The zero-order valence-electron chi connectivity index (χ0n) is 10.9. The SMILES string of the molecule is N#Cc1ccccc1CS(=O)(=O)NCCOCC(F)(F)F. The van der Waals surface area contributed by atoms with Crippen molar-refractivity contribution < 1.29 is 26.3 Å². The fourth-order valence-electron chi connectivity index (χ4n) is 1.47. The molecular weight excluding hydrogens is 309 g/mol. The Morgan fingerprint density at radius 2 is 1.95 bits per heavy atom. The van der Waals surface area contributed by atoms with Gasteiger partial charge in [-0.05, 0) is 11.6 Å². The predicted molar refractivity (Wildman–Crippen MR) is 68.7 cm³/mol. The minimum Gasteiger partial charge on any atom is -0.371 e. The first-order valence-corrected chi connectivity index (χ1v) is 7.48. The third-order valence-corrected chi connectivity index (χ3v) is 3.65.